The summed E-state index contributed by atoms with van der Waals surface area (Å²) in [7, 11) is 0. The van der Waals surface area contributed by atoms with Crippen LogP contribution in [-0.4, -0.2) is 54.4 Å². The first kappa shape index (κ1) is 16.8. The Hall–Kier alpha value is -2.03. The summed E-state index contributed by atoms with van der Waals surface area (Å²) in [6.07, 6.45) is 1.45. The second-order valence-electron chi connectivity index (χ2n) is 6.16. The number of likely N-dealkylation sites (tertiary alicyclic amines) is 1. The molecule has 1 amide bonds. The van der Waals surface area contributed by atoms with Crippen LogP contribution in [0.15, 0.2) is 18.2 Å². The maximum atomic E-state index is 12.3. The molecule has 0 bridgehead atoms. The molecule has 1 aromatic rings. The standard InChI is InChI=1S/C16H21N3O5/c1-12-3-2-4-13(19(21)22)15(12)17-14(20)11-18-7-5-16(6-8-18)23-9-10-24-16/h2-4H,5-11H2,1H3,(H,17,20). The second-order valence-corrected chi connectivity index (χ2v) is 6.16. The summed E-state index contributed by atoms with van der Waals surface area (Å²) in [5.41, 5.74) is 0.847. The van der Waals surface area contributed by atoms with Crippen molar-refractivity contribution in [2.45, 2.75) is 25.6 Å². The molecule has 1 spiro atoms. The molecule has 8 nitrogen and oxygen atoms in total. The van der Waals surface area contributed by atoms with Crippen molar-refractivity contribution in [1.82, 2.24) is 4.90 Å². The maximum Gasteiger partial charge on any atom is 0.293 e. The van der Waals surface area contributed by atoms with Gasteiger partial charge in [0.2, 0.25) is 5.91 Å². The number of nitrogens with one attached hydrogen (secondary N) is 1. The van der Waals surface area contributed by atoms with Crippen molar-refractivity contribution >= 4 is 17.3 Å². The number of nitro benzene ring substituents is 1. The molecular weight excluding hydrogens is 314 g/mol. The minimum Gasteiger partial charge on any atom is -0.347 e. The predicted molar refractivity (Wildman–Crippen MR) is 86.8 cm³/mol. The molecule has 0 atom stereocenters. The first-order valence-corrected chi connectivity index (χ1v) is 8.03. The number of carbonyl (C=O) groups is 1. The van der Waals surface area contributed by atoms with Crippen molar-refractivity contribution in [3.63, 3.8) is 0 Å². The average Bonchev–Trinajstić information content (AvgIpc) is 3.00. The first-order chi connectivity index (χ1) is 11.5. The molecule has 8 heteroatoms. The molecule has 1 N–H and O–H groups in total. The molecule has 130 valence electrons. The van der Waals surface area contributed by atoms with Crippen molar-refractivity contribution in [1.29, 1.82) is 0 Å². The quantitative estimate of drug-likeness (QED) is 0.664. The zero-order chi connectivity index (χ0) is 17.2. The predicted octanol–water partition coefficient (Wildman–Crippen LogP) is 1.68. The third-order valence-corrected chi connectivity index (χ3v) is 4.51. The molecule has 0 aromatic heterocycles. The second kappa shape index (κ2) is 6.84. The van der Waals surface area contributed by atoms with Gasteiger partial charge in [0.1, 0.15) is 5.69 Å². The lowest BCUT2D eigenvalue weighted by Crippen LogP contribution is -2.47. The van der Waals surface area contributed by atoms with Gasteiger partial charge in [-0.1, -0.05) is 12.1 Å². The number of piperidine rings is 1. The summed E-state index contributed by atoms with van der Waals surface area (Å²) in [6, 6.07) is 4.73. The van der Waals surface area contributed by atoms with E-state index in [1.54, 1.807) is 19.1 Å². The molecule has 2 aliphatic heterocycles. The molecule has 2 heterocycles. The number of para-hydroxylation sites is 1. The molecule has 0 aliphatic carbocycles. The van der Waals surface area contributed by atoms with Crippen LogP contribution in [0.5, 0.6) is 0 Å². The lowest BCUT2D eigenvalue weighted by atomic mass is 10.0. The van der Waals surface area contributed by atoms with E-state index in [1.165, 1.54) is 6.07 Å². The number of carbonyl (C=O) groups excluding carboxylic acids is 1. The number of hydrogen-bond acceptors (Lipinski definition) is 6. The number of amides is 1. The molecule has 2 saturated heterocycles. The van der Waals surface area contributed by atoms with Gasteiger partial charge in [-0.15, -0.1) is 0 Å². The molecule has 3 rings (SSSR count). The van der Waals surface area contributed by atoms with Crippen LogP contribution in [0, 0.1) is 17.0 Å². The van der Waals surface area contributed by atoms with Crippen LogP contribution in [0.1, 0.15) is 18.4 Å². The smallest absolute Gasteiger partial charge is 0.293 e. The van der Waals surface area contributed by atoms with Crippen molar-refractivity contribution in [2.75, 3.05) is 38.2 Å². The molecule has 2 fully saturated rings. The van der Waals surface area contributed by atoms with E-state index in [1.807, 2.05) is 4.90 Å². The highest BCUT2D eigenvalue weighted by Gasteiger charge is 2.40. The van der Waals surface area contributed by atoms with Gasteiger partial charge in [0.15, 0.2) is 5.79 Å². The van der Waals surface area contributed by atoms with Gasteiger partial charge in [0, 0.05) is 32.0 Å². The molecule has 0 unspecified atom stereocenters. The Labute approximate surface area is 139 Å². The highest BCUT2D eigenvalue weighted by Crippen LogP contribution is 2.31. The summed E-state index contributed by atoms with van der Waals surface area (Å²) < 4.78 is 11.3. The maximum absolute atomic E-state index is 12.3. The van der Waals surface area contributed by atoms with Crippen LogP contribution in [-0.2, 0) is 14.3 Å². The van der Waals surface area contributed by atoms with Gasteiger partial charge < -0.3 is 14.8 Å². The van der Waals surface area contributed by atoms with E-state index in [0.717, 1.165) is 12.8 Å². The SMILES string of the molecule is Cc1cccc([N+](=O)[O-])c1NC(=O)CN1CCC2(CC1)OCCO2. The number of hydrogen-bond donors (Lipinski definition) is 1. The van der Waals surface area contributed by atoms with Crippen LogP contribution in [0.3, 0.4) is 0 Å². The number of nitro groups is 1. The highest BCUT2D eigenvalue weighted by molar-refractivity contribution is 5.95. The van der Waals surface area contributed by atoms with Gasteiger partial charge in [-0.3, -0.25) is 19.8 Å². The number of rotatable bonds is 4. The Balaban J connectivity index is 1.58. The molecule has 2 aliphatic rings. The van der Waals surface area contributed by atoms with Crippen LogP contribution in [0.2, 0.25) is 0 Å². The van der Waals surface area contributed by atoms with Crippen LogP contribution in [0.4, 0.5) is 11.4 Å². The highest BCUT2D eigenvalue weighted by atomic mass is 16.7. The fourth-order valence-electron chi connectivity index (χ4n) is 3.19. The molecule has 24 heavy (non-hydrogen) atoms. The van der Waals surface area contributed by atoms with E-state index in [2.05, 4.69) is 5.32 Å². The third-order valence-electron chi connectivity index (χ3n) is 4.51. The van der Waals surface area contributed by atoms with Crippen molar-refractivity contribution in [3.05, 3.63) is 33.9 Å². The van der Waals surface area contributed by atoms with Gasteiger partial charge >= 0.3 is 0 Å². The minimum absolute atomic E-state index is 0.0892. The van der Waals surface area contributed by atoms with E-state index in [4.69, 9.17) is 9.47 Å². The molecule has 0 saturated carbocycles. The van der Waals surface area contributed by atoms with Gasteiger partial charge in [0.05, 0.1) is 24.7 Å². The summed E-state index contributed by atoms with van der Waals surface area (Å²) in [4.78, 5) is 24.9. The normalized spacial score (nSPS) is 20.2. The Morgan fingerprint density at radius 1 is 1.33 bits per heavy atom. The van der Waals surface area contributed by atoms with Crippen LogP contribution < -0.4 is 5.32 Å². The van der Waals surface area contributed by atoms with Crippen LogP contribution >= 0.6 is 0 Å². The number of ether oxygens (including phenoxy) is 2. The topological polar surface area (TPSA) is 93.9 Å². The lowest BCUT2D eigenvalue weighted by molar-refractivity contribution is -0.384. The number of nitrogens with zero attached hydrogens (tertiary/aromatic N) is 2. The lowest BCUT2D eigenvalue weighted by Gasteiger charge is -2.37. The fourth-order valence-corrected chi connectivity index (χ4v) is 3.19. The monoisotopic (exact) mass is 335 g/mol. The molecular formula is C16H21N3O5. The van der Waals surface area contributed by atoms with E-state index in [9.17, 15) is 14.9 Å². The average molecular weight is 335 g/mol. The third kappa shape index (κ3) is 3.55. The Kier molecular flexibility index (Phi) is 4.79. The largest absolute Gasteiger partial charge is 0.347 e. The number of anilines is 1. The summed E-state index contributed by atoms with van der Waals surface area (Å²) in [6.45, 7) is 4.57. The van der Waals surface area contributed by atoms with E-state index >= 15 is 0 Å². The fraction of sp³-hybridized carbons (Fsp3) is 0.562. The molecule has 0 radical (unpaired) electrons. The van der Waals surface area contributed by atoms with Crippen molar-refractivity contribution in [2.24, 2.45) is 0 Å². The number of benzene rings is 1. The Morgan fingerprint density at radius 2 is 2.00 bits per heavy atom. The zero-order valence-electron chi connectivity index (χ0n) is 13.6. The summed E-state index contributed by atoms with van der Waals surface area (Å²) in [5.74, 6) is -0.724. The summed E-state index contributed by atoms with van der Waals surface area (Å²) in [5, 5.41) is 13.8. The molecule has 1 aromatic carbocycles. The van der Waals surface area contributed by atoms with Crippen LogP contribution in [0.25, 0.3) is 0 Å². The Bertz CT molecular complexity index is 633. The van der Waals surface area contributed by atoms with Gasteiger partial charge in [-0.2, -0.15) is 0 Å². The Morgan fingerprint density at radius 3 is 2.62 bits per heavy atom. The summed E-state index contributed by atoms with van der Waals surface area (Å²) >= 11 is 0. The van der Waals surface area contributed by atoms with Crippen molar-refractivity contribution in [3.8, 4) is 0 Å². The zero-order valence-corrected chi connectivity index (χ0v) is 13.6. The van der Waals surface area contributed by atoms with Crippen molar-refractivity contribution < 1.29 is 19.2 Å². The van der Waals surface area contributed by atoms with E-state index < -0.39 is 10.7 Å². The first-order valence-electron chi connectivity index (χ1n) is 8.03. The minimum atomic E-state index is -0.484. The van der Waals surface area contributed by atoms with Gasteiger partial charge in [-0.25, -0.2) is 0 Å². The van der Waals surface area contributed by atoms with Gasteiger partial charge in [-0.05, 0) is 12.5 Å². The number of aryl methyl sites for hydroxylation is 1. The van der Waals surface area contributed by atoms with Gasteiger partial charge in [0.25, 0.3) is 5.69 Å². The van der Waals surface area contributed by atoms with E-state index in [-0.39, 0.29) is 23.8 Å². The van der Waals surface area contributed by atoms with E-state index in [0.29, 0.717) is 31.9 Å².